The Hall–Kier alpha value is -2.49. The molecule has 23 heavy (non-hydrogen) atoms. The number of aryl methyl sites for hydroxylation is 2. The molecule has 0 atom stereocenters. The SMILES string of the molecule is CCCc1cc2cccc(C)c2c(=O)n1-c1cc(F)cc(F)c1. The van der Waals surface area contributed by atoms with Gasteiger partial charge in [0.1, 0.15) is 11.6 Å². The van der Waals surface area contributed by atoms with Gasteiger partial charge in [-0.2, -0.15) is 0 Å². The van der Waals surface area contributed by atoms with Crippen LogP contribution in [0.2, 0.25) is 0 Å². The lowest BCUT2D eigenvalue weighted by Crippen LogP contribution is -2.23. The van der Waals surface area contributed by atoms with Crippen molar-refractivity contribution < 1.29 is 8.78 Å². The van der Waals surface area contributed by atoms with Crippen LogP contribution in [0.4, 0.5) is 8.78 Å². The predicted molar refractivity (Wildman–Crippen MR) is 88.2 cm³/mol. The van der Waals surface area contributed by atoms with Crippen molar-refractivity contribution in [1.82, 2.24) is 4.57 Å². The van der Waals surface area contributed by atoms with Crippen LogP contribution >= 0.6 is 0 Å². The fourth-order valence-electron chi connectivity index (χ4n) is 2.98. The van der Waals surface area contributed by atoms with Gasteiger partial charge in [-0.25, -0.2) is 8.78 Å². The summed E-state index contributed by atoms with van der Waals surface area (Å²) >= 11 is 0. The zero-order chi connectivity index (χ0) is 16.6. The fraction of sp³-hybridized carbons (Fsp3) is 0.211. The third kappa shape index (κ3) is 2.77. The van der Waals surface area contributed by atoms with Crippen LogP contribution in [-0.4, -0.2) is 4.57 Å². The van der Waals surface area contributed by atoms with Crippen molar-refractivity contribution in [2.24, 2.45) is 0 Å². The Balaban J connectivity index is 2.42. The van der Waals surface area contributed by atoms with Crippen molar-refractivity contribution in [3.63, 3.8) is 0 Å². The third-order valence-electron chi connectivity index (χ3n) is 3.94. The number of hydrogen-bond acceptors (Lipinski definition) is 1. The van der Waals surface area contributed by atoms with Gasteiger partial charge in [-0.05, 0) is 42.5 Å². The van der Waals surface area contributed by atoms with E-state index >= 15 is 0 Å². The molecule has 1 aromatic heterocycles. The summed E-state index contributed by atoms with van der Waals surface area (Å²) in [5, 5.41) is 1.43. The maximum absolute atomic E-state index is 13.6. The average Bonchev–Trinajstić information content (AvgIpc) is 2.46. The highest BCUT2D eigenvalue weighted by molar-refractivity contribution is 5.85. The number of pyridine rings is 1. The van der Waals surface area contributed by atoms with Crippen molar-refractivity contribution in [1.29, 1.82) is 0 Å². The van der Waals surface area contributed by atoms with E-state index in [0.717, 1.165) is 29.1 Å². The van der Waals surface area contributed by atoms with Crippen LogP contribution in [0.5, 0.6) is 0 Å². The fourth-order valence-corrected chi connectivity index (χ4v) is 2.98. The molecule has 2 nitrogen and oxygen atoms in total. The van der Waals surface area contributed by atoms with Crippen LogP contribution in [0, 0.1) is 18.6 Å². The van der Waals surface area contributed by atoms with Gasteiger partial charge in [0, 0.05) is 11.8 Å². The maximum Gasteiger partial charge on any atom is 0.263 e. The highest BCUT2D eigenvalue weighted by atomic mass is 19.1. The second-order valence-electron chi connectivity index (χ2n) is 5.69. The smallest absolute Gasteiger partial charge is 0.263 e. The molecule has 1 heterocycles. The molecule has 0 spiro atoms. The minimum absolute atomic E-state index is 0.223. The molecule has 118 valence electrons. The van der Waals surface area contributed by atoms with E-state index in [1.165, 1.54) is 16.7 Å². The Morgan fingerprint density at radius 3 is 2.39 bits per heavy atom. The second kappa shape index (κ2) is 5.95. The Kier molecular flexibility index (Phi) is 3.99. The van der Waals surface area contributed by atoms with Gasteiger partial charge in [0.05, 0.1) is 11.1 Å². The molecule has 2 aromatic carbocycles. The molecule has 4 heteroatoms. The van der Waals surface area contributed by atoms with Crippen LogP contribution < -0.4 is 5.56 Å². The topological polar surface area (TPSA) is 22.0 Å². The Labute approximate surface area is 133 Å². The van der Waals surface area contributed by atoms with Crippen LogP contribution in [0.25, 0.3) is 16.5 Å². The van der Waals surface area contributed by atoms with Crippen molar-refractivity contribution in [2.75, 3.05) is 0 Å². The second-order valence-corrected chi connectivity index (χ2v) is 5.69. The van der Waals surface area contributed by atoms with Crippen molar-refractivity contribution in [3.8, 4) is 5.69 Å². The van der Waals surface area contributed by atoms with E-state index in [0.29, 0.717) is 11.8 Å². The molecule has 0 bridgehead atoms. The largest absolute Gasteiger partial charge is 0.281 e. The molecule has 0 amide bonds. The summed E-state index contributed by atoms with van der Waals surface area (Å²) in [5.41, 5.74) is 1.58. The number of rotatable bonds is 3. The summed E-state index contributed by atoms with van der Waals surface area (Å²) in [6.07, 6.45) is 1.48. The summed E-state index contributed by atoms with van der Waals surface area (Å²) in [5.74, 6) is -1.39. The van der Waals surface area contributed by atoms with Gasteiger partial charge in [0.2, 0.25) is 0 Å². The van der Waals surface area contributed by atoms with E-state index < -0.39 is 11.6 Å². The molecule has 0 saturated heterocycles. The first kappa shape index (κ1) is 15.4. The van der Waals surface area contributed by atoms with E-state index in [-0.39, 0.29) is 11.2 Å². The van der Waals surface area contributed by atoms with Crippen molar-refractivity contribution in [3.05, 3.63) is 75.7 Å². The summed E-state index contributed by atoms with van der Waals surface area (Å²) < 4.78 is 28.6. The third-order valence-corrected chi connectivity index (χ3v) is 3.94. The van der Waals surface area contributed by atoms with E-state index in [1.807, 2.05) is 38.1 Å². The molecular formula is C19H17F2NO. The minimum atomic E-state index is -0.695. The monoisotopic (exact) mass is 313 g/mol. The minimum Gasteiger partial charge on any atom is -0.281 e. The van der Waals surface area contributed by atoms with E-state index in [2.05, 4.69) is 0 Å². The Morgan fingerprint density at radius 2 is 1.74 bits per heavy atom. The Morgan fingerprint density at radius 1 is 1.04 bits per heavy atom. The molecule has 3 rings (SSSR count). The lowest BCUT2D eigenvalue weighted by Gasteiger charge is -2.15. The van der Waals surface area contributed by atoms with Crippen LogP contribution in [0.1, 0.15) is 24.6 Å². The number of aromatic nitrogens is 1. The standard InChI is InChI=1S/C19H17F2NO/c1-3-5-16-8-13-7-4-6-12(2)18(13)19(23)22(16)17-10-14(20)9-15(21)11-17/h4,6-11H,3,5H2,1-2H3. The number of nitrogens with zero attached hydrogens (tertiary/aromatic N) is 1. The van der Waals surface area contributed by atoms with E-state index in [9.17, 15) is 13.6 Å². The van der Waals surface area contributed by atoms with Crippen molar-refractivity contribution in [2.45, 2.75) is 26.7 Å². The van der Waals surface area contributed by atoms with E-state index in [1.54, 1.807) is 0 Å². The molecule has 0 unspecified atom stereocenters. The van der Waals surface area contributed by atoms with Gasteiger partial charge >= 0.3 is 0 Å². The highest BCUT2D eigenvalue weighted by Gasteiger charge is 2.13. The lowest BCUT2D eigenvalue weighted by atomic mass is 10.0. The number of fused-ring (bicyclic) bond motifs is 1. The summed E-state index contributed by atoms with van der Waals surface area (Å²) in [6, 6.07) is 10.8. The molecule has 0 N–H and O–H groups in total. The van der Waals surface area contributed by atoms with Crippen LogP contribution in [0.3, 0.4) is 0 Å². The number of hydrogen-bond donors (Lipinski definition) is 0. The molecule has 0 fully saturated rings. The molecule has 0 aliphatic rings. The number of halogens is 2. The molecule has 0 radical (unpaired) electrons. The van der Waals surface area contributed by atoms with Gasteiger partial charge in [0.15, 0.2) is 0 Å². The zero-order valence-electron chi connectivity index (χ0n) is 13.1. The van der Waals surface area contributed by atoms with Gasteiger partial charge < -0.3 is 0 Å². The first-order valence-electron chi connectivity index (χ1n) is 7.62. The number of benzene rings is 2. The lowest BCUT2D eigenvalue weighted by molar-refractivity contribution is 0.580. The first-order valence-corrected chi connectivity index (χ1v) is 7.62. The first-order chi connectivity index (χ1) is 11.0. The molecule has 0 aliphatic heterocycles. The van der Waals surface area contributed by atoms with Crippen molar-refractivity contribution >= 4 is 10.8 Å². The summed E-state index contributed by atoms with van der Waals surface area (Å²) in [7, 11) is 0. The zero-order valence-corrected chi connectivity index (χ0v) is 13.1. The molecule has 0 saturated carbocycles. The van der Waals surface area contributed by atoms with Gasteiger partial charge in [-0.15, -0.1) is 0 Å². The highest BCUT2D eigenvalue weighted by Crippen LogP contribution is 2.21. The van der Waals surface area contributed by atoms with E-state index in [4.69, 9.17) is 0 Å². The average molecular weight is 313 g/mol. The van der Waals surface area contributed by atoms with Gasteiger partial charge in [-0.1, -0.05) is 31.5 Å². The normalized spacial score (nSPS) is 11.1. The van der Waals surface area contributed by atoms with Gasteiger partial charge in [0.25, 0.3) is 5.56 Å². The quantitative estimate of drug-likeness (QED) is 0.696. The Bertz CT molecular complexity index is 924. The van der Waals surface area contributed by atoms with Crippen LogP contribution in [-0.2, 0) is 6.42 Å². The molecule has 0 aliphatic carbocycles. The summed E-state index contributed by atoms with van der Waals surface area (Å²) in [6.45, 7) is 3.86. The van der Waals surface area contributed by atoms with Gasteiger partial charge in [-0.3, -0.25) is 9.36 Å². The summed E-state index contributed by atoms with van der Waals surface area (Å²) in [4.78, 5) is 13.0. The predicted octanol–water partition coefficient (Wildman–Crippen LogP) is 4.53. The molecule has 3 aromatic rings. The molecular weight excluding hydrogens is 296 g/mol. The van der Waals surface area contributed by atoms with Crippen LogP contribution in [0.15, 0.2) is 47.3 Å². The maximum atomic E-state index is 13.6.